The molecule has 0 aromatic heterocycles. The minimum atomic E-state index is -0.841. The summed E-state index contributed by atoms with van der Waals surface area (Å²) in [6, 6.07) is -0.516. The highest BCUT2D eigenvalue weighted by Crippen LogP contribution is 2.31. The first-order chi connectivity index (χ1) is 6.34. The fourth-order valence-electron chi connectivity index (χ4n) is 2.03. The largest absolute Gasteiger partial charge is 0.339 e. The van der Waals surface area contributed by atoms with Crippen LogP contribution in [0.3, 0.4) is 0 Å². The van der Waals surface area contributed by atoms with Gasteiger partial charge in [-0.1, -0.05) is 27.7 Å². The number of hydrogen-bond donors (Lipinski definition) is 2. The maximum Gasteiger partial charge on any atom is 0.339 e. The molecule has 0 atom stereocenters. The predicted molar refractivity (Wildman–Crippen MR) is 52.0 cm³/mol. The molecule has 0 unspecified atom stereocenters. The molecule has 80 valence electrons. The number of hydrogen-bond acceptors (Lipinski definition) is 3. The number of hydrazine groups is 1. The number of urea groups is 1. The molecular formula is C9H17N3O2. The van der Waals surface area contributed by atoms with Crippen LogP contribution in [0.4, 0.5) is 4.79 Å². The molecule has 0 spiro atoms. The maximum absolute atomic E-state index is 11.8. The van der Waals surface area contributed by atoms with Gasteiger partial charge in [0.2, 0.25) is 0 Å². The van der Waals surface area contributed by atoms with E-state index >= 15 is 0 Å². The molecule has 0 aromatic rings. The van der Waals surface area contributed by atoms with E-state index in [1.807, 2.05) is 27.7 Å². The van der Waals surface area contributed by atoms with Gasteiger partial charge < -0.3 is 5.32 Å². The van der Waals surface area contributed by atoms with Crippen LogP contribution in [0, 0.1) is 11.8 Å². The molecule has 5 nitrogen and oxygen atoms in total. The third-order valence-corrected chi connectivity index (χ3v) is 2.93. The molecule has 3 N–H and O–H groups in total. The third kappa shape index (κ3) is 1.19. The summed E-state index contributed by atoms with van der Waals surface area (Å²) in [5, 5.41) is 3.34. The average Bonchev–Trinajstić information content (AvgIpc) is 2.30. The molecule has 0 radical (unpaired) electrons. The van der Waals surface area contributed by atoms with Crippen LogP contribution in [0.15, 0.2) is 0 Å². The lowest BCUT2D eigenvalue weighted by atomic mass is 9.77. The van der Waals surface area contributed by atoms with Crippen LogP contribution in [0.5, 0.6) is 0 Å². The Labute approximate surface area is 83.6 Å². The van der Waals surface area contributed by atoms with Gasteiger partial charge >= 0.3 is 6.03 Å². The topological polar surface area (TPSA) is 75.4 Å². The monoisotopic (exact) mass is 199 g/mol. The van der Waals surface area contributed by atoms with Crippen LogP contribution in [-0.4, -0.2) is 22.5 Å². The summed E-state index contributed by atoms with van der Waals surface area (Å²) < 4.78 is 0. The quantitative estimate of drug-likeness (QED) is 0.385. The molecule has 1 fully saturated rings. The first-order valence-corrected chi connectivity index (χ1v) is 4.75. The van der Waals surface area contributed by atoms with E-state index < -0.39 is 11.6 Å². The normalized spacial score (nSPS) is 20.9. The third-order valence-electron chi connectivity index (χ3n) is 2.93. The van der Waals surface area contributed by atoms with E-state index in [2.05, 4.69) is 5.32 Å². The van der Waals surface area contributed by atoms with Crippen molar-refractivity contribution in [2.45, 2.75) is 33.2 Å². The Bertz CT molecular complexity index is 265. The zero-order valence-corrected chi connectivity index (χ0v) is 9.00. The van der Waals surface area contributed by atoms with Crippen molar-refractivity contribution in [3.8, 4) is 0 Å². The molecule has 1 heterocycles. The summed E-state index contributed by atoms with van der Waals surface area (Å²) in [7, 11) is 0. The van der Waals surface area contributed by atoms with Gasteiger partial charge in [-0.15, -0.1) is 0 Å². The summed E-state index contributed by atoms with van der Waals surface area (Å²) in [4.78, 5) is 23.1. The summed E-state index contributed by atoms with van der Waals surface area (Å²) in [6.45, 7) is 7.60. The first-order valence-electron chi connectivity index (χ1n) is 4.75. The van der Waals surface area contributed by atoms with Crippen molar-refractivity contribution in [1.82, 2.24) is 10.3 Å². The molecule has 1 saturated heterocycles. The number of nitrogens with zero attached hydrogens (tertiary/aromatic N) is 1. The van der Waals surface area contributed by atoms with Crippen molar-refractivity contribution >= 4 is 11.9 Å². The molecule has 3 amide bonds. The minimum absolute atomic E-state index is 0.0208. The van der Waals surface area contributed by atoms with Gasteiger partial charge in [0.05, 0.1) is 0 Å². The van der Waals surface area contributed by atoms with Crippen LogP contribution in [0.25, 0.3) is 0 Å². The Morgan fingerprint density at radius 3 is 1.79 bits per heavy atom. The number of carbonyl (C=O) groups excluding carboxylic acids is 2. The van der Waals surface area contributed by atoms with E-state index in [9.17, 15) is 9.59 Å². The standard InChI is InChI=1S/C9H17N3O2/c1-5(2)9(6(3)4)7(13)12(10)8(14)11-9/h5-6H,10H2,1-4H3,(H,11,14). The fraction of sp³-hybridized carbons (Fsp3) is 0.778. The molecule has 1 aliphatic heterocycles. The SMILES string of the molecule is CC(C)C1(C(C)C)NC(=O)N(N)C1=O. The molecule has 0 aromatic carbocycles. The van der Waals surface area contributed by atoms with Crippen molar-refractivity contribution in [3.63, 3.8) is 0 Å². The number of rotatable bonds is 2. The van der Waals surface area contributed by atoms with Gasteiger partial charge in [-0.3, -0.25) is 4.79 Å². The highest BCUT2D eigenvalue weighted by atomic mass is 16.2. The number of carbonyl (C=O) groups is 2. The smallest absolute Gasteiger partial charge is 0.321 e. The van der Waals surface area contributed by atoms with Gasteiger partial charge in [0.1, 0.15) is 5.54 Å². The molecule has 5 heteroatoms. The molecular weight excluding hydrogens is 182 g/mol. The van der Waals surface area contributed by atoms with Gasteiger partial charge in [-0.05, 0) is 11.8 Å². The Balaban J connectivity index is 3.14. The second-order valence-corrected chi connectivity index (χ2v) is 4.28. The van der Waals surface area contributed by atoms with E-state index in [1.54, 1.807) is 0 Å². The lowest BCUT2D eigenvalue weighted by molar-refractivity contribution is -0.134. The fourth-order valence-corrected chi connectivity index (χ4v) is 2.03. The summed E-state index contributed by atoms with van der Waals surface area (Å²) in [6.07, 6.45) is 0. The molecule has 1 aliphatic rings. The Kier molecular flexibility index (Phi) is 2.54. The van der Waals surface area contributed by atoms with E-state index in [0.29, 0.717) is 5.01 Å². The van der Waals surface area contributed by atoms with Crippen molar-refractivity contribution in [2.24, 2.45) is 17.7 Å². The Morgan fingerprint density at radius 1 is 1.21 bits per heavy atom. The highest BCUT2D eigenvalue weighted by Gasteiger charge is 2.54. The van der Waals surface area contributed by atoms with E-state index in [1.165, 1.54) is 0 Å². The van der Waals surface area contributed by atoms with Crippen LogP contribution < -0.4 is 11.2 Å². The van der Waals surface area contributed by atoms with Crippen molar-refractivity contribution in [1.29, 1.82) is 0 Å². The van der Waals surface area contributed by atoms with Gasteiger partial charge in [-0.2, -0.15) is 5.01 Å². The maximum atomic E-state index is 11.8. The molecule has 14 heavy (non-hydrogen) atoms. The average molecular weight is 199 g/mol. The van der Waals surface area contributed by atoms with Crippen molar-refractivity contribution < 1.29 is 9.59 Å². The minimum Gasteiger partial charge on any atom is -0.321 e. The van der Waals surface area contributed by atoms with Crippen LogP contribution >= 0.6 is 0 Å². The van der Waals surface area contributed by atoms with Gasteiger partial charge in [-0.25, -0.2) is 10.6 Å². The number of imide groups is 1. The van der Waals surface area contributed by atoms with Crippen LogP contribution in [0.1, 0.15) is 27.7 Å². The van der Waals surface area contributed by atoms with Gasteiger partial charge in [0.25, 0.3) is 5.91 Å². The highest BCUT2D eigenvalue weighted by molar-refractivity contribution is 6.06. The zero-order chi connectivity index (χ0) is 11.1. The molecule has 1 rings (SSSR count). The summed E-state index contributed by atoms with van der Waals surface area (Å²) >= 11 is 0. The number of amides is 3. The lowest BCUT2D eigenvalue weighted by Crippen LogP contribution is -2.56. The van der Waals surface area contributed by atoms with E-state index in [0.717, 1.165) is 0 Å². The summed E-state index contributed by atoms with van der Waals surface area (Å²) in [5.74, 6) is 5.05. The number of nitrogens with two attached hydrogens (primary N) is 1. The zero-order valence-electron chi connectivity index (χ0n) is 9.00. The Morgan fingerprint density at radius 2 is 1.64 bits per heavy atom. The van der Waals surface area contributed by atoms with Crippen LogP contribution in [0.2, 0.25) is 0 Å². The van der Waals surface area contributed by atoms with Crippen molar-refractivity contribution in [2.75, 3.05) is 0 Å². The second-order valence-electron chi connectivity index (χ2n) is 4.28. The second kappa shape index (κ2) is 3.24. The van der Waals surface area contributed by atoms with Gasteiger partial charge in [0, 0.05) is 0 Å². The molecule has 0 saturated carbocycles. The summed E-state index contributed by atoms with van der Waals surface area (Å²) in [5.41, 5.74) is -0.841. The lowest BCUT2D eigenvalue weighted by Gasteiger charge is -2.34. The van der Waals surface area contributed by atoms with Crippen LogP contribution in [-0.2, 0) is 4.79 Å². The molecule has 0 bridgehead atoms. The first kappa shape index (κ1) is 11.0. The van der Waals surface area contributed by atoms with Gasteiger partial charge in [0.15, 0.2) is 0 Å². The predicted octanol–water partition coefficient (Wildman–Crippen LogP) is 0.463. The van der Waals surface area contributed by atoms with E-state index in [4.69, 9.17) is 5.84 Å². The molecule has 0 aliphatic carbocycles. The Hall–Kier alpha value is -1.10. The van der Waals surface area contributed by atoms with Crippen molar-refractivity contribution in [3.05, 3.63) is 0 Å². The van der Waals surface area contributed by atoms with E-state index in [-0.39, 0.29) is 17.7 Å². The number of nitrogens with one attached hydrogen (secondary N) is 1.